The normalized spacial score (nSPS) is 19.6. The van der Waals surface area contributed by atoms with Crippen LogP contribution < -0.4 is 5.73 Å². The molecule has 0 saturated carbocycles. The third-order valence-corrected chi connectivity index (χ3v) is 3.92. The number of nitrogens with two attached hydrogens (primary N) is 1. The molecule has 0 radical (unpaired) electrons. The van der Waals surface area contributed by atoms with Gasteiger partial charge in [-0.3, -0.25) is 4.79 Å². The van der Waals surface area contributed by atoms with Gasteiger partial charge in [-0.15, -0.1) is 0 Å². The maximum Gasteiger partial charge on any atom is 0.255 e. The van der Waals surface area contributed by atoms with Crippen molar-refractivity contribution < 1.29 is 4.79 Å². The second-order valence-corrected chi connectivity index (χ2v) is 5.80. The van der Waals surface area contributed by atoms with E-state index in [1.165, 1.54) is 0 Å². The molecule has 1 aliphatic heterocycles. The number of nitrogens with zero attached hydrogens (tertiary/aromatic N) is 2. The third-order valence-electron chi connectivity index (χ3n) is 3.42. The maximum absolute atomic E-state index is 12.4. The smallest absolute Gasteiger partial charge is 0.255 e. The Balaban J connectivity index is 2.13. The Labute approximate surface area is 116 Å². The lowest BCUT2D eigenvalue weighted by atomic mass is 10.1. The predicted molar refractivity (Wildman–Crippen MR) is 76.5 cm³/mol. The number of amides is 1. The van der Waals surface area contributed by atoms with E-state index in [1.807, 2.05) is 25.1 Å². The second-order valence-electron chi connectivity index (χ2n) is 4.89. The van der Waals surface area contributed by atoms with Crippen LogP contribution in [0.2, 0.25) is 0 Å². The topological polar surface area (TPSA) is 49.6 Å². The molecule has 2 N–H and O–H groups in total. The Morgan fingerprint density at radius 1 is 1.50 bits per heavy atom. The number of likely N-dealkylation sites (N-methyl/N-ethyl adjacent to an activating group) is 1. The zero-order valence-electron chi connectivity index (χ0n) is 10.7. The number of hydrogen-bond donors (Lipinski definition) is 1. The van der Waals surface area contributed by atoms with Crippen molar-refractivity contribution >= 4 is 27.5 Å². The highest BCUT2D eigenvalue weighted by molar-refractivity contribution is 9.10. The van der Waals surface area contributed by atoms with Crippen molar-refractivity contribution in [2.24, 2.45) is 0 Å². The fourth-order valence-electron chi connectivity index (χ4n) is 2.25. The zero-order chi connectivity index (χ0) is 13.3. The van der Waals surface area contributed by atoms with Gasteiger partial charge in [0.1, 0.15) is 0 Å². The van der Waals surface area contributed by atoms with E-state index in [9.17, 15) is 4.79 Å². The molecule has 1 heterocycles. The number of carbonyl (C=O) groups excluding carboxylic acids is 1. The van der Waals surface area contributed by atoms with Gasteiger partial charge >= 0.3 is 0 Å². The van der Waals surface area contributed by atoms with Gasteiger partial charge in [-0.05, 0) is 38.7 Å². The van der Waals surface area contributed by atoms with Crippen molar-refractivity contribution in [2.45, 2.75) is 12.5 Å². The highest BCUT2D eigenvalue weighted by atomic mass is 79.9. The quantitative estimate of drug-likeness (QED) is 0.847. The molecule has 1 aromatic rings. The summed E-state index contributed by atoms with van der Waals surface area (Å²) in [5.41, 5.74) is 7.02. The first kappa shape index (κ1) is 13.4. The summed E-state index contributed by atoms with van der Waals surface area (Å²) in [6, 6.07) is 5.85. The number of carbonyl (C=O) groups is 1. The van der Waals surface area contributed by atoms with E-state index in [2.05, 4.69) is 20.8 Å². The van der Waals surface area contributed by atoms with Crippen LogP contribution in [-0.4, -0.2) is 48.9 Å². The molecule has 1 amide bonds. The number of hydrogen-bond acceptors (Lipinski definition) is 3. The molecule has 0 aromatic heterocycles. The number of nitrogen functional groups attached to an aromatic ring is 1. The Morgan fingerprint density at radius 2 is 2.22 bits per heavy atom. The Hall–Kier alpha value is -1.07. The average molecular weight is 312 g/mol. The van der Waals surface area contributed by atoms with Crippen molar-refractivity contribution in [3.63, 3.8) is 0 Å². The van der Waals surface area contributed by atoms with Crippen molar-refractivity contribution in [3.05, 3.63) is 28.2 Å². The van der Waals surface area contributed by atoms with Gasteiger partial charge in [0.2, 0.25) is 0 Å². The lowest BCUT2D eigenvalue weighted by Crippen LogP contribution is -2.34. The predicted octanol–water partition coefficient (Wildman–Crippen LogP) is 1.81. The molecule has 1 fully saturated rings. The molecule has 98 valence electrons. The lowest BCUT2D eigenvalue weighted by molar-refractivity contribution is 0.0784. The minimum Gasteiger partial charge on any atom is -0.398 e. The standard InChI is InChI=1S/C13H18BrN3O/c1-16(2)10-5-6-17(8-10)13(18)11-4-3-9(14)7-12(11)15/h3-4,7,10H,5-6,8,15H2,1-2H3. The lowest BCUT2D eigenvalue weighted by Gasteiger charge is -2.21. The molecule has 0 aliphatic carbocycles. The van der Waals surface area contributed by atoms with Crippen molar-refractivity contribution in [3.8, 4) is 0 Å². The summed E-state index contributed by atoms with van der Waals surface area (Å²) in [4.78, 5) is 16.4. The summed E-state index contributed by atoms with van der Waals surface area (Å²) in [5, 5.41) is 0. The van der Waals surface area contributed by atoms with Crippen molar-refractivity contribution in [1.82, 2.24) is 9.80 Å². The van der Waals surface area contributed by atoms with Crippen molar-refractivity contribution in [2.75, 3.05) is 32.9 Å². The summed E-state index contributed by atoms with van der Waals surface area (Å²) in [7, 11) is 4.10. The molecular formula is C13H18BrN3O. The molecule has 1 unspecified atom stereocenters. The van der Waals surface area contributed by atoms with Crippen LogP contribution in [0.15, 0.2) is 22.7 Å². The Morgan fingerprint density at radius 3 is 2.78 bits per heavy atom. The first-order valence-electron chi connectivity index (χ1n) is 6.00. The van der Waals surface area contributed by atoms with E-state index in [-0.39, 0.29) is 5.91 Å². The summed E-state index contributed by atoms with van der Waals surface area (Å²) in [6.45, 7) is 1.58. The fraction of sp³-hybridized carbons (Fsp3) is 0.462. The highest BCUT2D eigenvalue weighted by Gasteiger charge is 2.28. The molecular weight excluding hydrogens is 294 g/mol. The van der Waals surface area contributed by atoms with Crippen LogP contribution in [0.1, 0.15) is 16.8 Å². The molecule has 18 heavy (non-hydrogen) atoms. The van der Waals surface area contributed by atoms with Crippen LogP contribution in [0.5, 0.6) is 0 Å². The van der Waals surface area contributed by atoms with Gasteiger partial charge in [-0.2, -0.15) is 0 Å². The van der Waals surface area contributed by atoms with E-state index in [0.717, 1.165) is 24.0 Å². The number of anilines is 1. The summed E-state index contributed by atoms with van der Waals surface area (Å²) >= 11 is 3.35. The zero-order valence-corrected chi connectivity index (χ0v) is 12.3. The maximum atomic E-state index is 12.4. The summed E-state index contributed by atoms with van der Waals surface area (Å²) in [6.07, 6.45) is 1.02. The Bertz CT molecular complexity index is 462. The molecule has 0 bridgehead atoms. The van der Waals surface area contributed by atoms with Crippen LogP contribution in [0, 0.1) is 0 Å². The fourth-order valence-corrected chi connectivity index (χ4v) is 2.63. The van der Waals surface area contributed by atoms with Crippen molar-refractivity contribution in [1.29, 1.82) is 0 Å². The van der Waals surface area contributed by atoms with Gasteiger partial charge in [-0.25, -0.2) is 0 Å². The van der Waals surface area contributed by atoms with Crippen LogP contribution in [-0.2, 0) is 0 Å². The minimum absolute atomic E-state index is 0.0318. The van der Waals surface area contributed by atoms with Crippen LogP contribution in [0.4, 0.5) is 5.69 Å². The SMILES string of the molecule is CN(C)C1CCN(C(=O)c2ccc(Br)cc2N)C1. The van der Waals surface area contributed by atoms with E-state index in [1.54, 1.807) is 12.1 Å². The number of rotatable bonds is 2. The van der Waals surface area contributed by atoms with Crippen LogP contribution in [0.3, 0.4) is 0 Å². The summed E-state index contributed by atoms with van der Waals surface area (Å²) in [5.74, 6) is 0.0318. The van der Waals surface area contributed by atoms with E-state index in [0.29, 0.717) is 17.3 Å². The van der Waals surface area contributed by atoms with E-state index >= 15 is 0 Å². The van der Waals surface area contributed by atoms with Crippen LogP contribution >= 0.6 is 15.9 Å². The molecule has 2 rings (SSSR count). The average Bonchev–Trinajstić information content (AvgIpc) is 2.77. The van der Waals surface area contributed by atoms with Gasteiger partial charge in [0.05, 0.1) is 5.56 Å². The van der Waals surface area contributed by atoms with Gasteiger partial charge < -0.3 is 15.5 Å². The van der Waals surface area contributed by atoms with Gasteiger partial charge in [-0.1, -0.05) is 15.9 Å². The minimum atomic E-state index is 0.0318. The molecule has 1 aromatic carbocycles. The first-order chi connectivity index (χ1) is 8.49. The third kappa shape index (κ3) is 2.67. The first-order valence-corrected chi connectivity index (χ1v) is 6.79. The number of halogens is 1. The molecule has 0 spiro atoms. The van der Waals surface area contributed by atoms with Gasteiger partial charge in [0.15, 0.2) is 0 Å². The van der Waals surface area contributed by atoms with E-state index < -0.39 is 0 Å². The van der Waals surface area contributed by atoms with Crippen LogP contribution in [0.25, 0.3) is 0 Å². The molecule has 1 saturated heterocycles. The molecule has 1 aliphatic rings. The van der Waals surface area contributed by atoms with E-state index in [4.69, 9.17) is 5.73 Å². The molecule has 1 atom stereocenters. The van der Waals surface area contributed by atoms with Gasteiger partial charge in [0.25, 0.3) is 5.91 Å². The summed E-state index contributed by atoms with van der Waals surface area (Å²) < 4.78 is 0.893. The number of likely N-dealkylation sites (tertiary alicyclic amines) is 1. The molecule has 5 heteroatoms. The second kappa shape index (κ2) is 5.28. The van der Waals surface area contributed by atoms with Gasteiger partial charge in [0, 0.05) is 29.3 Å². The Kier molecular flexibility index (Phi) is 3.92. The molecule has 4 nitrogen and oxygen atoms in total. The number of benzene rings is 1. The largest absolute Gasteiger partial charge is 0.398 e. The highest BCUT2D eigenvalue weighted by Crippen LogP contribution is 2.22. The monoisotopic (exact) mass is 311 g/mol.